The van der Waals surface area contributed by atoms with Crippen molar-refractivity contribution in [3.63, 3.8) is 0 Å². The Balaban J connectivity index is 1.51. The average molecular weight is 342 g/mol. The van der Waals surface area contributed by atoms with Crippen LogP contribution in [0, 0.1) is 5.41 Å². The van der Waals surface area contributed by atoms with Gasteiger partial charge in [-0.2, -0.15) is 13.2 Å². The highest BCUT2D eigenvalue weighted by Crippen LogP contribution is 2.58. The van der Waals surface area contributed by atoms with Crippen LogP contribution in [0.3, 0.4) is 0 Å². The van der Waals surface area contributed by atoms with E-state index in [1.54, 1.807) is 4.90 Å². The summed E-state index contributed by atoms with van der Waals surface area (Å²) in [5.74, 6) is -2.92. The molecule has 2 saturated carbocycles. The summed E-state index contributed by atoms with van der Waals surface area (Å²) in [5.41, 5.74) is 4.04. The number of hydrogen-bond acceptors (Lipinski definition) is 3. The standard InChI is InChI=1S/C15H23F5N2O/c16-14(17)4-1-2-11(12(14)21)23-10-3-7-22(8-10)9-13(5-6-13)15(18,19)20/h10-12H,1-9,21H2/t10-,11-,12+/m0/s1. The van der Waals surface area contributed by atoms with Crippen molar-refractivity contribution >= 4 is 0 Å². The average Bonchev–Trinajstić information content (AvgIpc) is 3.09. The molecular weight excluding hydrogens is 319 g/mol. The number of rotatable bonds is 4. The third-order valence-corrected chi connectivity index (χ3v) is 5.46. The summed E-state index contributed by atoms with van der Waals surface area (Å²) in [7, 11) is 0. The molecule has 0 spiro atoms. The second-order valence-corrected chi connectivity index (χ2v) is 7.28. The first-order valence-electron chi connectivity index (χ1n) is 8.21. The maximum Gasteiger partial charge on any atom is 0.395 e. The number of alkyl halides is 5. The molecule has 2 N–H and O–H groups in total. The van der Waals surface area contributed by atoms with Gasteiger partial charge in [0, 0.05) is 26.1 Å². The quantitative estimate of drug-likeness (QED) is 0.799. The zero-order valence-electron chi connectivity index (χ0n) is 12.9. The number of halogens is 5. The molecule has 0 unspecified atom stereocenters. The van der Waals surface area contributed by atoms with E-state index < -0.39 is 29.7 Å². The number of hydrogen-bond donors (Lipinski definition) is 1. The topological polar surface area (TPSA) is 38.5 Å². The first-order chi connectivity index (χ1) is 10.6. The molecule has 0 amide bonds. The van der Waals surface area contributed by atoms with Crippen molar-refractivity contribution in [2.24, 2.45) is 11.1 Å². The van der Waals surface area contributed by atoms with Gasteiger partial charge in [-0.25, -0.2) is 8.78 Å². The molecule has 3 fully saturated rings. The minimum absolute atomic E-state index is 0.0107. The molecule has 1 aliphatic heterocycles. The minimum atomic E-state index is -4.17. The smallest absolute Gasteiger partial charge is 0.372 e. The lowest BCUT2D eigenvalue weighted by atomic mass is 9.89. The van der Waals surface area contributed by atoms with Gasteiger partial charge >= 0.3 is 6.18 Å². The second kappa shape index (κ2) is 5.81. The molecule has 23 heavy (non-hydrogen) atoms. The van der Waals surface area contributed by atoms with Gasteiger partial charge in [0.2, 0.25) is 0 Å². The predicted octanol–water partition coefficient (Wildman–Crippen LogP) is 2.93. The summed E-state index contributed by atoms with van der Waals surface area (Å²) in [5, 5.41) is 0. The summed E-state index contributed by atoms with van der Waals surface area (Å²) < 4.78 is 72.0. The molecule has 3 nitrogen and oxygen atoms in total. The van der Waals surface area contributed by atoms with E-state index in [-0.39, 0.29) is 31.9 Å². The van der Waals surface area contributed by atoms with Gasteiger partial charge < -0.3 is 10.5 Å². The molecule has 2 aliphatic carbocycles. The molecule has 0 aromatic carbocycles. The van der Waals surface area contributed by atoms with Gasteiger partial charge in [0.15, 0.2) is 0 Å². The molecule has 8 heteroatoms. The van der Waals surface area contributed by atoms with E-state index >= 15 is 0 Å². The van der Waals surface area contributed by atoms with E-state index in [4.69, 9.17) is 10.5 Å². The lowest BCUT2D eigenvalue weighted by Crippen LogP contribution is -2.54. The summed E-state index contributed by atoms with van der Waals surface area (Å²) >= 11 is 0. The second-order valence-electron chi connectivity index (χ2n) is 7.28. The van der Waals surface area contributed by atoms with Crippen molar-refractivity contribution in [1.82, 2.24) is 4.90 Å². The fourth-order valence-corrected chi connectivity index (χ4v) is 3.72. The Morgan fingerprint density at radius 3 is 2.43 bits per heavy atom. The molecule has 0 aromatic heterocycles. The SMILES string of the molecule is N[C@@H]1[C@@H](O[C@H]2CCN(CC3(C(F)(F)F)CC3)C2)CCCC1(F)F. The van der Waals surface area contributed by atoms with Crippen molar-refractivity contribution < 1.29 is 26.7 Å². The Labute approximate surface area is 132 Å². The summed E-state index contributed by atoms with van der Waals surface area (Å²) in [6, 6.07) is -1.32. The van der Waals surface area contributed by atoms with Crippen LogP contribution in [0.4, 0.5) is 22.0 Å². The maximum atomic E-state index is 13.6. The summed E-state index contributed by atoms with van der Waals surface area (Å²) in [4.78, 5) is 1.75. The van der Waals surface area contributed by atoms with Gasteiger partial charge in [-0.15, -0.1) is 0 Å². The van der Waals surface area contributed by atoms with E-state index in [0.717, 1.165) is 0 Å². The van der Waals surface area contributed by atoms with Crippen molar-refractivity contribution in [3.8, 4) is 0 Å². The molecule has 0 aromatic rings. The van der Waals surface area contributed by atoms with Crippen LogP contribution in [0.2, 0.25) is 0 Å². The van der Waals surface area contributed by atoms with Gasteiger partial charge in [0.25, 0.3) is 5.92 Å². The number of nitrogens with zero attached hydrogens (tertiary/aromatic N) is 1. The predicted molar refractivity (Wildman–Crippen MR) is 74.2 cm³/mol. The maximum absolute atomic E-state index is 13.6. The van der Waals surface area contributed by atoms with Gasteiger partial charge in [-0.3, -0.25) is 4.90 Å². The third kappa shape index (κ3) is 3.49. The summed E-state index contributed by atoms with van der Waals surface area (Å²) in [6.07, 6.45) is -3.62. The first kappa shape index (κ1) is 17.4. The van der Waals surface area contributed by atoms with E-state index in [2.05, 4.69) is 0 Å². The van der Waals surface area contributed by atoms with Crippen molar-refractivity contribution in [1.29, 1.82) is 0 Å². The zero-order chi connectivity index (χ0) is 16.9. The van der Waals surface area contributed by atoms with Crippen molar-refractivity contribution in [3.05, 3.63) is 0 Å². The highest BCUT2D eigenvalue weighted by Gasteiger charge is 2.63. The van der Waals surface area contributed by atoms with Crippen molar-refractivity contribution in [2.75, 3.05) is 19.6 Å². The number of likely N-dealkylation sites (tertiary alicyclic amines) is 1. The lowest BCUT2D eigenvalue weighted by molar-refractivity contribution is -0.191. The van der Waals surface area contributed by atoms with Crippen LogP contribution in [-0.4, -0.2) is 54.9 Å². The van der Waals surface area contributed by atoms with Crippen LogP contribution in [-0.2, 0) is 4.74 Å². The Kier molecular flexibility index (Phi) is 4.38. The first-order valence-corrected chi connectivity index (χ1v) is 8.21. The highest BCUT2D eigenvalue weighted by molar-refractivity contribution is 5.02. The van der Waals surface area contributed by atoms with E-state index in [9.17, 15) is 22.0 Å². The van der Waals surface area contributed by atoms with Crippen LogP contribution in [0.15, 0.2) is 0 Å². The van der Waals surface area contributed by atoms with Gasteiger partial charge in [0.05, 0.1) is 23.7 Å². The Bertz CT molecular complexity index is 438. The Morgan fingerprint density at radius 2 is 1.83 bits per heavy atom. The normalized spacial score (nSPS) is 37.0. The van der Waals surface area contributed by atoms with E-state index in [0.29, 0.717) is 32.4 Å². The van der Waals surface area contributed by atoms with Crippen LogP contribution in [0.5, 0.6) is 0 Å². The zero-order valence-corrected chi connectivity index (χ0v) is 12.9. The minimum Gasteiger partial charge on any atom is -0.372 e. The van der Waals surface area contributed by atoms with Gasteiger partial charge in [-0.05, 0) is 32.1 Å². The fourth-order valence-electron chi connectivity index (χ4n) is 3.72. The largest absolute Gasteiger partial charge is 0.395 e. The molecule has 3 atom stereocenters. The summed E-state index contributed by atoms with van der Waals surface area (Å²) in [6.45, 7) is 0.872. The van der Waals surface area contributed by atoms with Crippen LogP contribution in [0.1, 0.15) is 38.5 Å². The van der Waals surface area contributed by atoms with Gasteiger partial charge in [0.1, 0.15) is 0 Å². The highest BCUT2D eigenvalue weighted by atomic mass is 19.4. The number of ether oxygens (including phenoxy) is 1. The Hall–Kier alpha value is -0.470. The fraction of sp³-hybridized carbons (Fsp3) is 1.00. The molecule has 1 heterocycles. The molecule has 1 saturated heterocycles. The van der Waals surface area contributed by atoms with Gasteiger partial charge in [-0.1, -0.05) is 0 Å². The van der Waals surface area contributed by atoms with Crippen LogP contribution < -0.4 is 5.73 Å². The molecule has 3 rings (SSSR count). The molecule has 3 aliphatic rings. The lowest BCUT2D eigenvalue weighted by Gasteiger charge is -2.36. The van der Waals surface area contributed by atoms with Crippen molar-refractivity contribution in [2.45, 2.75) is 68.9 Å². The molecule has 0 radical (unpaired) electrons. The number of nitrogens with two attached hydrogens (primary N) is 1. The monoisotopic (exact) mass is 342 g/mol. The van der Waals surface area contributed by atoms with Crippen LogP contribution in [0.25, 0.3) is 0 Å². The third-order valence-electron chi connectivity index (χ3n) is 5.46. The van der Waals surface area contributed by atoms with Crippen LogP contribution >= 0.6 is 0 Å². The van der Waals surface area contributed by atoms with E-state index in [1.807, 2.05) is 0 Å². The molecule has 134 valence electrons. The Morgan fingerprint density at radius 1 is 1.13 bits per heavy atom. The molecule has 0 bridgehead atoms. The molecular formula is C15H23F5N2O. The van der Waals surface area contributed by atoms with E-state index in [1.165, 1.54) is 0 Å².